The molecular formula is C10H6N2O. The third-order valence-electron chi connectivity index (χ3n) is 1.79. The standard InChI is InChI=1S/C10H6N2O/c13-6-5-10-9-4-2-1-3-8(9)7-11-12-10/h1-5,7H. The molecule has 0 saturated heterocycles. The van der Waals surface area contributed by atoms with Crippen molar-refractivity contribution < 1.29 is 4.79 Å². The summed E-state index contributed by atoms with van der Waals surface area (Å²) in [6, 6.07) is 7.63. The Morgan fingerprint density at radius 1 is 1.31 bits per heavy atom. The number of nitrogens with zero attached hydrogens (tertiary/aromatic N) is 2. The van der Waals surface area contributed by atoms with Gasteiger partial charge in [-0.1, -0.05) is 24.3 Å². The normalized spacial score (nSPS) is 9.54. The van der Waals surface area contributed by atoms with Gasteiger partial charge in [0.25, 0.3) is 0 Å². The van der Waals surface area contributed by atoms with Crippen LogP contribution in [0.4, 0.5) is 0 Å². The Balaban J connectivity index is 2.82. The lowest BCUT2D eigenvalue weighted by Crippen LogP contribution is -1.87. The van der Waals surface area contributed by atoms with Gasteiger partial charge in [-0.05, 0) is 0 Å². The second-order valence-corrected chi connectivity index (χ2v) is 2.58. The Kier molecular flexibility index (Phi) is 1.87. The lowest BCUT2D eigenvalue weighted by atomic mass is 10.1. The highest BCUT2D eigenvalue weighted by Gasteiger charge is 1.98. The van der Waals surface area contributed by atoms with Gasteiger partial charge in [-0.15, -0.1) is 5.10 Å². The van der Waals surface area contributed by atoms with E-state index in [-0.39, 0.29) is 0 Å². The molecule has 0 N–H and O–H groups in total. The second-order valence-electron chi connectivity index (χ2n) is 2.58. The summed E-state index contributed by atoms with van der Waals surface area (Å²) in [4.78, 5) is 10.2. The van der Waals surface area contributed by atoms with Crippen LogP contribution < -0.4 is 0 Å². The van der Waals surface area contributed by atoms with Crippen molar-refractivity contribution in [1.29, 1.82) is 0 Å². The van der Waals surface area contributed by atoms with Gasteiger partial charge in [0.2, 0.25) is 0 Å². The van der Waals surface area contributed by atoms with Crippen molar-refractivity contribution in [2.75, 3.05) is 0 Å². The molecule has 0 aliphatic heterocycles. The van der Waals surface area contributed by atoms with Crippen molar-refractivity contribution in [1.82, 2.24) is 10.2 Å². The van der Waals surface area contributed by atoms with Gasteiger partial charge in [-0.2, -0.15) is 5.10 Å². The molecule has 0 aliphatic rings. The summed E-state index contributed by atoms with van der Waals surface area (Å²) >= 11 is 0. The van der Waals surface area contributed by atoms with E-state index in [9.17, 15) is 4.79 Å². The summed E-state index contributed by atoms with van der Waals surface area (Å²) in [5.41, 5.74) is 0.563. The summed E-state index contributed by atoms with van der Waals surface area (Å²) in [5.74, 6) is 1.70. The van der Waals surface area contributed by atoms with Crippen molar-refractivity contribution in [3.8, 4) is 0 Å². The van der Waals surface area contributed by atoms with Gasteiger partial charge in [-0.25, -0.2) is 4.79 Å². The van der Waals surface area contributed by atoms with Crippen LogP contribution in [-0.4, -0.2) is 16.1 Å². The van der Waals surface area contributed by atoms with Crippen molar-refractivity contribution in [3.05, 3.63) is 36.2 Å². The van der Waals surface area contributed by atoms with Crippen LogP contribution in [0.2, 0.25) is 0 Å². The van der Waals surface area contributed by atoms with E-state index >= 15 is 0 Å². The first-order valence-electron chi connectivity index (χ1n) is 3.83. The largest absolute Gasteiger partial charge is 0.233 e. The molecule has 0 bridgehead atoms. The number of rotatable bonds is 1. The monoisotopic (exact) mass is 170 g/mol. The van der Waals surface area contributed by atoms with Gasteiger partial charge < -0.3 is 0 Å². The van der Waals surface area contributed by atoms with Gasteiger partial charge in [0.15, 0.2) is 0 Å². The van der Waals surface area contributed by atoms with Crippen LogP contribution in [0.15, 0.2) is 30.5 Å². The topological polar surface area (TPSA) is 42.9 Å². The average molecular weight is 170 g/mol. The van der Waals surface area contributed by atoms with E-state index in [1.165, 1.54) is 6.08 Å². The quantitative estimate of drug-likeness (QED) is 0.609. The molecule has 0 fully saturated rings. The van der Waals surface area contributed by atoms with Gasteiger partial charge in [0.05, 0.1) is 12.3 Å². The fraction of sp³-hybridized carbons (Fsp3) is 0. The molecule has 0 amide bonds. The molecule has 1 heterocycles. The molecule has 0 saturated carbocycles. The van der Waals surface area contributed by atoms with Crippen LogP contribution in [0.5, 0.6) is 0 Å². The maximum absolute atomic E-state index is 10.2. The number of hydrogen-bond acceptors (Lipinski definition) is 3. The van der Waals surface area contributed by atoms with Crippen molar-refractivity contribution in [2.24, 2.45) is 0 Å². The first kappa shape index (κ1) is 7.65. The number of hydrogen-bond donors (Lipinski definition) is 0. The van der Waals surface area contributed by atoms with Gasteiger partial charge in [0, 0.05) is 10.8 Å². The van der Waals surface area contributed by atoms with Crippen LogP contribution in [0.25, 0.3) is 16.8 Å². The highest BCUT2D eigenvalue weighted by atomic mass is 16.1. The maximum atomic E-state index is 10.2. The van der Waals surface area contributed by atoms with E-state index in [1.807, 2.05) is 24.3 Å². The van der Waals surface area contributed by atoms with E-state index in [0.717, 1.165) is 10.8 Å². The second kappa shape index (κ2) is 3.17. The Bertz CT molecular complexity index is 482. The molecule has 2 aromatic rings. The minimum absolute atomic E-state index is 0.563. The number of aromatic nitrogens is 2. The van der Waals surface area contributed by atoms with Crippen LogP contribution >= 0.6 is 0 Å². The number of carbonyl (C=O) groups excluding carboxylic acids is 1. The molecule has 0 radical (unpaired) electrons. The zero-order valence-electron chi connectivity index (χ0n) is 6.77. The summed E-state index contributed by atoms with van der Waals surface area (Å²) in [7, 11) is 0. The summed E-state index contributed by atoms with van der Waals surface area (Å²) < 4.78 is 0. The molecule has 62 valence electrons. The van der Waals surface area contributed by atoms with Gasteiger partial charge in [0.1, 0.15) is 11.6 Å². The zero-order valence-corrected chi connectivity index (χ0v) is 6.77. The third kappa shape index (κ3) is 1.33. The van der Waals surface area contributed by atoms with Crippen LogP contribution in [0.1, 0.15) is 5.69 Å². The van der Waals surface area contributed by atoms with Crippen molar-refractivity contribution in [2.45, 2.75) is 0 Å². The van der Waals surface area contributed by atoms with Crippen LogP contribution in [-0.2, 0) is 4.79 Å². The molecule has 3 heteroatoms. The number of fused-ring (bicyclic) bond motifs is 1. The van der Waals surface area contributed by atoms with Gasteiger partial charge >= 0.3 is 0 Å². The van der Waals surface area contributed by atoms with E-state index in [1.54, 1.807) is 12.1 Å². The molecule has 1 aromatic heterocycles. The van der Waals surface area contributed by atoms with E-state index in [0.29, 0.717) is 5.69 Å². The predicted molar refractivity (Wildman–Crippen MR) is 49.7 cm³/mol. The van der Waals surface area contributed by atoms with Crippen molar-refractivity contribution >= 4 is 22.8 Å². The smallest absolute Gasteiger partial charge is 0.126 e. The molecule has 0 atom stereocenters. The van der Waals surface area contributed by atoms with Crippen LogP contribution in [0.3, 0.4) is 0 Å². The van der Waals surface area contributed by atoms with E-state index in [4.69, 9.17) is 0 Å². The molecule has 13 heavy (non-hydrogen) atoms. The first-order chi connectivity index (χ1) is 6.42. The average Bonchev–Trinajstić information content (AvgIpc) is 2.19. The fourth-order valence-electron chi connectivity index (χ4n) is 1.21. The highest BCUT2D eigenvalue weighted by molar-refractivity contribution is 5.92. The molecule has 0 unspecified atom stereocenters. The molecule has 0 spiro atoms. The van der Waals surface area contributed by atoms with Crippen molar-refractivity contribution in [3.63, 3.8) is 0 Å². The lowest BCUT2D eigenvalue weighted by Gasteiger charge is -1.96. The fourth-order valence-corrected chi connectivity index (χ4v) is 1.21. The predicted octanol–water partition coefficient (Wildman–Crippen LogP) is 1.47. The Labute approximate surface area is 74.7 Å². The molecular weight excluding hydrogens is 164 g/mol. The molecule has 3 nitrogen and oxygen atoms in total. The zero-order chi connectivity index (χ0) is 9.10. The summed E-state index contributed by atoms with van der Waals surface area (Å²) in [6.07, 6.45) is 2.95. The summed E-state index contributed by atoms with van der Waals surface area (Å²) in [6.45, 7) is 0. The van der Waals surface area contributed by atoms with Gasteiger partial charge in [-0.3, -0.25) is 0 Å². The Morgan fingerprint density at radius 2 is 2.15 bits per heavy atom. The lowest BCUT2D eigenvalue weighted by molar-refractivity contribution is 0.570. The minimum atomic E-state index is 0.563. The summed E-state index contributed by atoms with van der Waals surface area (Å²) in [5, 5.41) is 9.49. The molecule has 0 aliphatic carbocycles. The molecule has 1 aromatic carbocycles. The van der Waals surface area contributed by atoms with E-state index < -0.39 is 0 Å². The number of benzene rings is 1. The maximum Gasteiger partial charge on any atom is 0.126 e. The van der Waals surface area contributed by atoms with E-state index in [2.05, 4.69) is 10.2 Å². The third-order valence-corrected chi connectivity index (χ3v) is 1.79. The molecule has 2 rings (SSSR count). The SMILES string of the molecule is O=C=Cc1nncc2ccccc12. The Morgan fingerprint density at radius 3 is 3.00 bits per heavy atom. The van der Waals surface area contributed by atoms with Crippen LogP contribution in [0, 0.1) is 0 Å². The first-order valence-corrected chi connectivity index (χ1v) is 3.83. The Hall–Kier alpha value is -1.99. The highest BCUT2D eigenvalue weighted by Crippen LogP contribution is 2.14. The minimum Gasteiger partial charge on any atom is -0.233 e.